The summed E-state index contributed by atoms with van der Waals surface area (Å²) in [6.45, 7) is 5.22. The number of piperidine rings is 2. The first kappa shape index (κ1) is 21.7. The van der Waals surface area contributed by atoms with Gasteiger partial charge in [0.1, 0.15) is 22.9 Å². The van der Waals surface area contributed by atoms with Crippen LogP contribution in [0.1, 0.15) is 39.2 Å². The van der Waals surface area contributed by atoms with E-state index in [9.17, 15) is 9.18 Å². The molecule has 7 heteroatoms. The fourth-order valence-corrected chi connectivity index (χ4v) is 4.65. The van der Waals surface area contributed by atoms with E-state index < -0.39 is 41.1 Å². The lowest BCUT2D eigenvalue weighted by molar-refractivity contribution is -0.127. The smallest absolute Gasteiger partial charge is 0.410 e. The first-order valence-corrected chi connectivity index (χ1v) is 10.5. The summed E-state index contributed by atoms with van der Waals surface area (Å²) < 4.78 is 50.4. The molecule has 2 heterocycles. The van der Waals surface area contributed by atoms with Gasteiger partial charge in [-0.05, 0) is 50.5 Å². The highest BCUT2D eigenvalue weighted by Crippen LogP contribution is 2.49. The van der Waals surface area contributed by atoms with E-state index in [4.69, 9.17) is 10.5 Å². The molecule has 0 radical (unpaired) electrons. The van der Waals surface area contributed by atoms with E-state index in [1.54, 1.807) is 51.1 Å². The molecule has 2 aliphatic heterocycles. The second kappa shape index (κ2) is 7.55. The topological polar surface area (TPSA) is 55.6 Å². The van der Waals surface area contributed by atoms with Crippen molar-refractivity contribution in [2.75, 3.05) is 0 Å². The predicted octanol–water partition coefficient (Wildman–Crippen LogP) is 4.99. The molecule has 2 bridgehead atoms. The van der Waals surface area contributed by atoms with Gasteiger partial charge in [0, 0.05) is 24.4 Å². The Labute approximate surface area is 180 Å². The van der Waals surface area contributed by atoms with Crippen LogP contribution in [0.15, 0.2) is 42.5 Å². The lowest BCUT2D eigenvalue weighted by atomic mass is 9.64. The maximum Gasteiger partial charge on any atom is 0.410 e. The van der Waals surface area contributed by atoms with Crippen molar-refractivity contribution in [3.8, 4) is 11.1 Å². The van der Waals surface area contributed by atoms with Crippen LogP contribution in [0, 0.1) is 11.6 Å². The number of fused-ring (bicyclic) bond motifs is 2. The van der Waals surface area contributed by atoms with Crippen LogP contribution in [0.2, 0.25) is 0 Å². The van der Waals surface area contributed by atoms with Crippen molar-refractivity contribution in [1.82, 2.24) is 4.90 Å². The summed E-state index contributed by atoms with van der Waals surface area (Å²) in [5.41, 5.74) is 4.57. The van der Waals surface area contributed by atoms with E-state index in [0.29, 0.717) is 5.56 Å². The standard InChI is InChI=1S/C24H27F3N2O2/c1-23(2,3)31-22(30)29-17-12-24(27,13-17)21(28)19(29)10-15-9-16(25)11-18(20(15)26)14-7-5-4-6-8-14/h4-9,11,17,19,21H,10,12-13,28H2,1-3H3. The first-order valence-electron chi connectivity index (χ1n) is 10.5. The number of ether oxygens (including phenoxy) is 1. The Bertz CT molecular complexity index is 984. The number of hydrogen-bond acceptors (Lipinski definition) is 3. The molecule has 1 aliphatic carbocycles. The van der Waals surface area contributed by atoms with Gasteiger partial charge >= 0.3 is 6.09 Å². The Morgan fingerprint density at radius 2 is 1.84 bits per heavy atom. The minimum atomic E-state index is -1.61. The van der Waals surface area contributed by atoms with Gasteiger partial charge in [-0.15, -0.1) is 0 Å². The van der Waals surface area contributed by atoms with Crippen LogP contribution in [0.4, 0.5) is 18.0 Å². The predicted molar refractivity (Wildman–Crippen MR) is 112 cm³/mol. The van der Waals surface area contributed by atoms with E-state index in [2.05, 4.69) is 0 Å². The van der Waals surface area contributed by atoms with Gasteiger partial charge in [0.15, 0.2) is 0 Å². The number of alkyl halides is 1. The molecular formula is C24H27F3N2O2. The van der Waals surface area contributed by atoms with Crippen LogP contribution in [-0.2, 0) is 11.2 Å². The first-order chi connectivity index (χ1) is 14.5. The third-order valence-electron chi connectivity index (χ3n) is 6.14. The van der Waals surface area contributed by atoms with Gasteiger partial charge in [-0.25, -0.2) is 18.0 Å². The lowest BCUT2D eigenvalue weighted by Crippen LogP contribution is -2.76. The monoisotopic (exact) mass is 432 g/mol. The van der Waals surface area contributed by atoms with Crippen LogP contribution in [0.25, 0.3) is 11.1 Å². The molecule has 166 valence electrons. The van der Waals surface area contributed by atoms with E-state index in [1.807, 2.05) is 0 Å². The number of nitrogens with two attached hydrogens (primary N) is 1. The third kappa shape index (κ3) is 4.03. The summed E-state index contributed by atoms with van der Waals surface area (Å²) in [6.07, 6.45) is -0.457. The van der Waals surface area contributed by atoms with Gasteiger partial charge in [-0.3, -0.25) is 4.90 Å². The van der Waals surface area contributed by atoms with E-state index in [-0.39, 0.29) is 36.4 Å². The molecule has 1 amide bonds. The Hall–Kier alpha value is -2.54. The molecule has 0 aromatic heterocycles. The summed E-state index contributed by atoms with van der Waals surface area (Å²) in [4.78, 5) is 14.3. The molecular weight excluding hydrogens is 405 g/mol. The number of carbonyl (C=O) groups is 1. The summed E-state index contributed by atoms with van der Waals surface area (Å²) in [6, 6.07) is 8.63. The third-order valence-corrected chi connectivity index (χ3v) is 6.14. The van der Waals surface area contributed by atoms with Crippen molar-refractivity contribution in [1.29, 1.82) is 0 Å². The molecule has 4 nitrogen and oxygen atoms in total. The molecule has 31 heavy (non-hydrogen) atoms. The summed E-state index contributed by atoms with van der Waals surface area (Å²) >= 11 is 0. The fraction of sp³-hybridized carbons (Fsp3) is 0.458. The Balaban J connectivity index is 1.69. The number of hydrogen-bond donors (Lipinski definition) is 1. The number of rotatable bonds is 3. The molecule has 2 aromatic carbocycles. The Kier molecular flexibility index (Phi) is 5.28. The molecule has 2 saturated heterocycles. The van der Waals surface area contributed by atoms with Crippen LogP contribution < -0.4 is 5.73 Å². The summed E-state index contributed by atoms with van der Waals surface area (Å²) in [5, 5.41) is 0. The fourth-order valence-electron chi connectivity index (χ4n) is 4.65. The SMILES string of the molecule is CC(C)(C)OC(=O)N1C2CC(F)(C2)C(N)C1Cc1cc(F)cc(-c2ccccc2)c1F. The normalized spacial score (nSPS) is 27.6. The van der Waals surface area contributed by atoms with Crippen LogP contribution >= 0.6 is 0 Å². The highest BCUT2D eigenvalue weighted by atomic mass is 19.1. The van der Waals surface area contributed by atoms with Crippen LogP contribution in [0.5, 0.6) is 0 Å². The average molecular weight is 432 g/mol. The molecule has 2 N–H and O–H groups in total. The zero-order chi connectivity index (χ0) is 22.6. The van der Waals surface area contributed by atoms with Crippen molar-refractivity contribution in [3.05, 3.63) is 59.7 Å². The lowest BCUT2D eigenvalue weighted by Gasteiger charge is -2.59. The summed E-state index contributed by atoms with van der Waals surface area (Å²) in [7, 11) is 0. The van der Waals surface area contributed by atoms with E-state index in [0.717, 1.165) is 12.1 Å². The number of amides is 1. The second-order valence-corrected chi connectivity index (χ2v) is 9.57. The minimum absolute atomic E-state index is 0.0535. The molecule has 2 aromatic rings. The second-order valence-electron chi connectivity index (χ2n) is 9.57. The largest absolute Gasteiger partial charge is 0.444 e. The molecule has 3 aliphatic rings. The number of nitrogens with zero attached hydrogens (tertiary/aromatic N) is 1. The van der Waals surface area contributed by atoms with Crippen molar-refractivity contribution < 1.29 is 22.7 Å². The Morgan fingerprint density at radius 1 is 1.19 bits per heavy atom. The molecule has 0 spiro atoms. The zero-order valence-electron chi connectivity index (χ0n) is 17.9. The molecule has 2 unspecified atom stereocenters. The average Bonchev–Trinajstić information content (AvgIpc) is 2.66. The van der Waals surface area contributed by atoms with Crippen LogP contribution in [0.3, 0.4) is 0 Å². The maximum absolute atomic E-state index is 15.4. The van der Waals surface area contributed by atoms with Gasteiger partial charge < -0.3 is 10.5 Å². The molecule has 2 atom stereocenters. The van der Waals surface area contributed by atoms with Gasteiger partial charge in [0.25, 0.3) is 0 Å². The van der Waals surface area contributed by atoms with Gasteiger partial charge in [-0.1, -0.05) is 30.3 Å². The molecule has 5 rings (SSSR count). The van der Waals surface area contributed by atoms with Gasteiger partial charge in [0.2, 0.25) is 0 Å². The Morgan fingerprint density at radius 3 is 2.45 bits per heavy atom. The summed E-state index contributed by atoms with van der Waals surface area (Å²) in [5.74, 6) is -1.21. The number of halogens is 3. The van der Waals surface area contributed by atoms with Crippen molar-refractivity contribution in [2.45, 2.75) is 69.4 Å². The van der Waals surface area contributed by atoms with Crippen LogP contribution in [-0.4, -0.2) is 40.4 Å². The zero-order valence-corrected chi connectivity index (χ0v) is 17.9. The van der Waals surface area contributed by atoms with Crippen molar-refractivity contribution in [3.63, 3.8) is 0 Å². The maximum atomic E-state index is 15.4. The quantitative estimate of drug-likeness (QED) is 0.743. The highest BCUT2D eigenvalue weighted by Gasteiger charge is 2.62. The van der Waals surface area contributed by atoms with Gasteiger partial charge in [0.05, 0.1) is 12.1 Å². The molecule has 1 saturated carbocycles. The van der Waals surface area contributed by atoms with Crippen molar-refractivity contribution >= 4 is 6.09 Å². The highest BCUT2D eigenvalue weighted by molar-refractivity contribution is 5.70. The molecule has 3 fully saturated rings. The number of carbonyl (C=O) groups excluding carboxylic acids is 1. The van der Waals surface area contributed by atoms with Gasteiger partial charge in [-0.2, -0.15) is 0 Å². The van der Waals surface area contributed by atoms with Crippen molar-refractivity contribution in [2.24, 2.45) is 5.73 Å². The number of benzene rings is 2. The minimum Gasteiger partial charge on any atom is -0.444 e. The van der Waals surface area contributed by atoms with E-state index in [1.165, 1.54) is 4.90 Å². The van der Waals surface area contributed by atoms with E-state index >= 15 is 8.78 Å².